The molecule has 4 rings (SSSR count). The molecule has 3 heterocycles. The van der Waals surface area contributed by atoms with Gasteiger partial charge in [0.15, 0.2) is 0 Å². The SMILES string of the molecule is NC(=O)C1CC(C(=O)N2CCc3[nH]ncc3C2)=NN1c1ccccc1. The lowest BCUT2D eigenvalue weighted by Crippen LogP contribution is -2.41. The molecule has 128 valence electrons. The van der Waals surface area contributed by atoms with Gasteiger partial charge in [0, 0.05) is 37.2 Å². The maximum atomic E-state index is 12.9. The van der Waals surface area contributed by atoms with Gasteiger partial charge in [-0.15, -0.1) is 0 Å². The molecule has 0 spiro atoms. The third-order valence-corrected chi connectivity index (χ3v) is 4.59. The first-order chi connectivity index (χ1) is 12.1. The smallest absolute Gasteiger partial charge is 0.270 e. The number of benzene rings is 1. The van der Waals surface area contributed by atoms with Crippen molar-refractivity contribution >= 4 is 23.2 Å². The van der Waals surface area contributed by atoms with Crippen molar-refractivity contribution in [2.45, 2.75) is 25.4 Å². The number of primary amides is 1. The van der Waals surface area contributed by atoms with Gasteiger partial charge in [-0.1, -0.05) is 18.2 Å². The summed E-state index contributed by atoms with van der Waals surface area (Å²) in [6.45, 7) is 1.09. The van der Waals surface area contributed by atoms with E-state index in [-0.39, 0.29) is 12.3 Å². The molecule has 0 saturated heterocycles. The Balaban J connectivity index is 1.58. The third kappa shape index (κ3) is 2.75. The van der Waals surface area contributed by atoms with Gasteiger partial charge in [-0.2, -0.15) is 10.2 Å². The number of amides is 2. The number of nitrogens with one attached hydrogen (secondary N) is 1. The van der Waals surface area contributed by atoms with E-state index in [2.05, 4.69) is 15.3 Å². The van der Waals surface area contributed by atoms with Crippen LogP contribution in [0, 0.1) is 0 Å². The second-order valence-electron chi connectivity index (χ2n) is 6.20. The van der Waals surface area contributed by atoms with E-state index in [0.29, 0.717) is 18.8 Å². The molecular formula is C17H18N6O2. The number of rotatable bonds is 3. The molecule has 0 saturated carbocycles. The quantitative estimate of drug-likeness (QED) is 0.845. The molecule has 2 aliphatic rings. The normalized spacial score (nSPS) is 19.5. The predicted molar refractivity (Wildman–Crippen MR) is 91.7 cm³/mol. The third-order valence-electron chi connectivity index (χ3n) is 4.59. The van der Waals surface area contributed by atoms with E-state index in [1.807, 2.05) is 30.3 Å². The minimum atomic E-state index is -0.643. The van der Waals surface area contributed by atoms with E-state index in [1.165, 1.54) is 0 Å². The fourth-order valence-electron chi connectivity index (χ4n) is 3.26. The van der Waals surface area contributed by atoms with Crippen molar-refractivity contribution in [2.24, 2.45) is 10.8 Å². The Bertz CT molecular complexity index is 844. The zero-order valence-electron chi connectivity index (χ0n) is 13.6. The van der Waals surface area contributed by atoms with Crippen molar-refractivity contribution in [1.82, 2.24) is 15.1 Å². The average molecular weight is 338 g/mol. The van der Waals surface area contributed by atoms with E-state index in [0.717, 1.165) is 23.4 Å². The van der Waals surface area contributed by atoms with Gasteiger partial charge in [0.25, 0.3) is 5.91 Å². The standard InChI is InChI=1S/C17H18N6O2/c18-16(24)15-8-14(21-23(15)12-4-2-1-3-5-12)17(25)22-7-6-13-11(10-22)9-19-20-13/h1-5,9,15H,6-8,10H2,(H2,18,24)(H,19,20). The number of para-hydroxylation sites is 1. The maximum Gasteiger partial charge on any atom is 0.270 e. The van der Waals surface area contributed by atoms with Crippen molar-refractivity contribution in [3.63, 3.8) is 0 Å². The van der Waals surface area contributed by atoms with Gasteiger partial charge >= 0.3 is 0 Å². The Morgan fingerprint density at radius 1 is 1.24 bits per heavy atom. The van der Waals surface area contributed by atoms with Crippen molar-refractivity contribution in [2.75, 3.05) is 11.6 Å². The van der Waals surface area contributed by atoms with Crippen molar-refractivity contribution in [3.05, 3.63) is 47.8 Å². The molecule has 25 heavy (non-hydrogen) atoms. The van der Waals surface area contributed by atoms with Gasteiger partial charge in [0.1, 0.15) is 11.8 Å². The molecule has 0 radical (unpaired) electrons. The molecule has 2 aromatic rings. The molecule has 0 fully saturated rings. The highest BCUT2D eigenvalue weighted by atomic mass is 16.2. The number of H-pyrrole nitrogens is 1. The Kier molecular flexibility index (Phi) is 3.72. The lowest BCUT2D eigenvalue weighted by atomic mass is 10.1. The number of carbonyl (C=O) groups is 2. The summed E-state index contributed by atoms with van der Waals surface area (Å²) in [6, 6.07) is 8.62. The van der Waals surface area contributed by atoms with E-state index in [1.54, 1.807) is 16.1 Å². The molecule has 2 amide bonds. The van der Waals surface area contributed by atoms with Crippen LogP contribution in [0.2, 0.25) is 0 Å². The number of aromatic amines is 1. The van der Waals surface area contributed by atoms with E-state index >= 15 is 0 Å². The van der Waals surface area contributed by atoms with Crippen LogP contribution in [0.4, 0.5) is 5.69 Å². The highest BCUT2D eigenvalue weighted by molar-refractivity contribution is 6.40. The molecule has 0 bridgehead atoms. The summed E-state index contributed by atoms with van der Waals surface area (Å²) in [5.74, 6) is -0.650. The summed E-state index contributed by atoms with van der Waals surface area (Å²) in [4.78, 5) is 26.4. The number of anilines is 1. The Morgan fingerprint density at radius 2 is 2.04 bits per heavy atom. The first-order valence-corrected chi connectivity index (χ1v) is 8.15. The summed E-state index contributed by atoms with van der Waals surface area (Å²) in [5.41, 5.74) is 8.71. The van der Waals surface area contributed by atoms with E-state index in [9.17, 15) is 9.59 Å². The van der Waals surface area contributed by atoms with Crippen LogP contribution in [-0.4, -0.2) is 45.2 Å². The number of aromatic nitrogens is 2. The highest BCUT2D eigenvalue weighted by Crippen LogP contribution is 2.26. The number of carbonyl (C=O) groups excluding carboxylic acids is 2. The van der Waals surface area contributed by atoms with Crippen molar-refractivity contribution in [1.29, 1.82) is 0 Å². The molecule has 1 aromatic carbocycles. The molecular weight excluding hydrogens is 320 g/mol. The Hall–Kier alpha value is -3.16. The summed E-state index contributed by atoms with van der Waals surface area (Å²) in [5, 5.41) is 12.9. The number of nitrogens with two attached hydrogens (primary N) is 1. The summed E-state index contributed by atoms with van der Waals surface area (Å²) < 4.78 is 0. The number of fused-ring (bicyclic) bond motifs is 1. The Morgan fingerprint density at radius 3 is 2.80 bits per heavy atom. The minimum Gasteiger partial charge on any atom is -0.368 e. The maximum absolute atomic E-state index is 12.9. The summed E-state index contributed by atoms with van der Waals surface area (Å²) in [7, 11) is 0. The highest BCUT2D eigenvalue weighted by Gasteiger charge is 2.37. The topological polar surface area (TPSA) is 108 Å². The van der Waals surface area contributed by atoms with Crippen LogP contribution in [0.5, 0.6) is 0 Å². The molecule has 8 heteroatoms. The lowest BCUT2D eigenvalue weighted by Gasteiger charge is -2.26. The summed E-state index contributed by atoms with van der Waals surface area (Å²) >= 11 is 0. The lowest BCUT2D eigenvalue weighted by molar-refractivity contribution is -0.125. The molecule has 1 atom stereocenters. The summed E-state index contributed by atoms with van der Waals surface area (Å²) in [6.07, 6.45) is 2.70. The second kappa shape index (κ2) is 6.04. The van der Waals surface area contributed by atoms with E-state index in [4.69, 9.17) is 5.73 Å². The molecule has 1 aromatic heterocycles. The van der Waals surface area contributed by atoms with Gasteiger partial charge < -0.3 is 10.6 Å². The number of hydrogen-bond donors (Lipinski definition) is 2. The molecule has 8 nitrogen and oxygen atoms in total. The van der Waals surface area contributed by atoms with Crippen molar-refractivity contribution in [3.8, 4) is 0 Å². The minimum absolute atomic E-state index is 0.156. The number of nitrogens with zero attached hydrogens (tertiary/aromatic N) is 4. The van der Waals surface area contributed by atoms with Crippen LogP contribution >= 0.6 is 0 Å². The number of hydrogen-bond acceptors (Lipinski definition) is 5. The monoisotopic (exact) mass is 338 g/mol. The zero-order chi connectivity index (χ0) is 17.4. The number of hydrazone groups is 1. The molecule has 2 aliphatic heterocycles. The van der Waals surface area contributed by atoms with Crippen LogP contribution in [0.25, 0.3) is 0 Å². The van der Waals surface area contributed by atoms with Gasteiger partial charge in [-0.3, -0.25) is 19.7 Å². The molecule has 1 unspecified atom stereocenters. The van der Waals surface area contributed by atoms with Crippen LogP contribution in [0.15, 0.2) is 41.6 Å². The van der Waals surface area contributed by atoms with Crippen LogP contribution in [-0.2, 0) is 22.6 Å². The zero-order valence-corrected chi connectivity index (χ0v) is 13.6. The fourth-order valence-corrected chi connectivity index (χ4v) is 3.26. The van der Waals surface area contributed by atoms with Gasteiger partial charge in [-0.25, -0.2) is 0 Å². The van der Waals surface area contributed by atoms with Crippen molar-refractivity contribution < 1.29 is 9.59 Å². The second-order valence-corrected chi connectivity index (χ2v) is 6.20. The van der Waals surface area contributed by atoms with Gasteiger partial charge in [0.2, 0.25) is 5.91 Å². The predicted octanol–water partition coefficient (Wildman–Crippen LogP) is 0.415. The first kappa shape index (κ1) is 15.4. The van der Waals surface area contributed by atoms with Gasteiger partial charge in [-0.05, 0) is 12.1 Å². The van der Waals surface area contributed by atoms with Crippen LogP contribution in [0.1, 0.15) is 17.7 Å². The molecule has 0 aliphatic carbocycles. The average Bonchev–Trinajstić information content (AvgIpc) is 3.28. The Labute approximate surface area is 144 Å². The largest absolute Gasteiger partial charge is 0.368 e. The van der Waals surface area contributed by atoms with E-state index < -0.39 is 11.9 Å². The van der Waals surface area contributed by atoms with Gasteiger partial charge in [0.05, 0.1) is 11.9 Å². The fraction of sp³-hybridized carbons (Fsp3) is 0.294. The molecule has 3 N–H and O–H groups in total. The van der Waals surface area contributed by atoms with Crippen LogP contribution in [0.3, 0.4) is 0 Å². The first-order valence-electron chi connectivity index (χ1n) is 8.15. The van der Waals surface area contributed by atoms with Crippen LogP contribution < -0.4 is 10.7 Å².